The van der Waals surface area contributed by atoms with Crippen LogP contribution in [0.2, 0.25) is 5.02 Å². The summed E-state index contributed by atoms with van der Waals surface area (Å²) in [7, 11) is -4.16. The predicted octanol–water partition coefficient (Wildman–Crippen LogP) is 5.55. The first-order chi connectivity index (χ1) is 14.5. The molecule has 3 rings (SSSR count). The summed E-state index contributed by atoms with van der Waals surface area (Å²) in [6.45, 7) is 0. The summed E-state index contributed by atoms with van der Waals surface area (Å²) in [6, 6.07) is 11.9. The van der Waals surface area contributed by atoms with E-state index in [1.807, 2.05) is 0 Å². The average Bonchev–Trinajstić information content (AvgIpc) is 2.69. The number of anilines is 2. The Morgan fingerprint density at radius 2 is 1.55 bits per heavy atom. The molecule has 0 aromatic heterocycles. The van der Waals surface area contributed by atoms with Gasteiger partial charge in [0.15, 0.2) is 0 Å². The van der Waals surface area contributed by atoms with Crippen LogP contribution < -0.4 is 10.0 Å². The number of halogens is 5. The van der Waals surface area contributed by atoms with Crippen molar-refractivity contribution in [2.75, 3.05) is 10.0 Å². The molecule has 0 aliphatic carbocycles. The Morgan fingerprint density at radius 3 is 2.19 bits per heavy atom. The topological polar surface area (TPSA) is 75.3 Å². The van der Waals surface area contributed by atoms with Gasteiger partial charge in [0, 0.05) is 0 Å². The summed E-state index contributed by atoms with van der Waals surface area (Å²) in [6.07, 6.45) is -4.65. The quantitative estimate of drug-likeness (QED) is 0.478. The molecule has 0 bridgehead atoms. The van der Waals surface area contributed by atoms with Crippen LogP contribution in [0.4, 0.5) is 28.9 Å². The lowest BCUT2D eigenvalue weighted by Crippen LogP contribution is -2.19. The highest BCUT2D eigenvalue weighted by atomic mass is 35.5. The Labute approximate surface area is 179 Å². The number of nitrogens with one attached hydrogen (secondary N) is 2. The minimum Gasteiger partial charge on any atom is -0.321 e. The third-order valence-corrected chi connectivity index (χ3v) is 5.79. The molecule has 0 spiro atoms. The lowest BCUT2D eigenvalue weighted by atomic mass is 10.1. The molecule has 0 saturated carbocycles. The molecule has 0 heterocycles. The number of hydrogen-bond donors (Lipinski definition) is 2. The number of rotatable bonds is 5. The van der Waals surface area contributed by atoms with Gasteiger partial charge < -0.3 is 5.32 Å². The molecule has 2 N–H and O–H groups in total. The van der Waals surface area contributed by atoms with Gasteiger partial charge in [0.25, 0.3) is 15.9 Å². The molecule has 0 aliphatic heterocycles. The standard InChI is InChI=1S/C20H13ClF4N2O3S/c21-16-10-5-12(20(23,24)25)11-18(16)26-19(28)15-3-1-2-4-17(15)27-31(29,30)14-8-6-13(22)7-9-14/h1-11,27H,(H,26,28). The van der Waals surface area contributed by atoms with Gasteiger partial charge in [-0.1, -0.05) is 23.7 Å². The first kappa shape index (κ1) is 22.6. The van der Waals surface area contributed by atoms with E-state index in [-0.39, 0.29) is 26.9 Å². The molecular weight excluding hydrogens is 460 g/mol. The second-order valence-electron chi connectivity index (χ2n) is 6.25. The number of carbonyl (C=O) groups is 1. The maximum atomic E-state index is 13.1. The van der Waals surface area contributed by atoms with E-state index < -0.39 is 33.5 Å². The van der Waals surface area contributed by atoms with Gasteiger partial charge in [0.05, 0.1) is 32.4 Å². The van der Waals surface area contributed by atoms with Crippen molar-refractivity contribution in [2.45, 2.75) is 11.1 Å². The Bertz CT molecular complexity index is 1230. The number of para-hydroxylation sites is 1. The number of benzene rings is 3. The van der Waals surface area contributed by atoms with E-state index in [2.05, 4.69) is 10.0 Å². The third kappa shape index (κ3) is 5.33. The van der Waals surface area contributed by atoms with Crippen LogP contribution in [0.15, 0.2) is 71.6 Å². The van der Waals surface area contributed by atoms with Crippen LogP contribution in [0.3, 0.4) is 0 Å². The van der Waals surface area contributed by atoms with E-state index in [4.69, 9.17) is 11.6 Å². The summed E-state index contributed by atoms with van der Waals surface area (Å²) < 4.78 is 79.2. The SMILES string of the molecule is O=C(Nc1cc(C(F)(F)F)ccc1Cl)c1ccccc1NS(=O)(=O)c1ccc(F)cc1. The van der Waals surface area contributed by atoms with Gasteiger partial charge in [-0.25, -0.2) is 12.8 Å². The van der Waals surface area contributed by atoms with Crippen molar-refractivity contribution in [3.05, 3.63) is 88.7 Å². The van der Waals surface area contributed by atoms with E-state index in [9.17, 15) is 30.8 Å². The number of hydrogen-bond acceptors (Lipinski definition) is 3. The summed E-state index contributed by atoms with van der Waals surface area (Å²) in [5.41, 5.74) is -1.61. The molecule has 0 radical (unpaired) electrons. The van der Waals surface area contributed by atoms with Crippen LogP contribution in [-0.2, 0) is 16.2 Å². The average molecular weight is 473 g/mol. The minimum absolute atomic E-state index is 0.132. The highest BCUT2D eigenvalue weighted by Gasteiger charge is 2.31. The van der Waals surface area contributed by atoms with Crippen molar-refractivity contribution in [2.24, 2.45) is 0 Å². The molecule has 0 atom stereocenters. The smallest absolute Gasteiger partial charge is 0.321 e. The van der Waals surface area contributed by atoms with Gasteiger partial charge in [-0.15, -0.1) is 0 Å². The van der Waals surface area contributed by atoms with E-state index in [1.165, 1.54) is 24.3 Å². The van der Waals surface area contributed by atoms with Gasteiger partial charge in [-0.2, -0.15) is 13.2 Å². The van der Waals surface area contributed by atoms with Crippen molar-refractivity contribution in [1.29, 1.82) is 0 Å². The molecule has 1 amide bonds. The molecule has 162 valence electrons. The zero-order valence-electron chi connectivity index (χ0n) is 15.4. The summed E-state index contributed by atoms with van der Waals surface area (Å²) in [4.78, 5) is 12.4. The first-order valence-electron chi connectivity index (χ1n) is 8.53. The van der Waals surface area contributed by atoms with Crippen molar-refractivity contribution in [1.82, 2.24) is 0 Å². The fourth-order valence-electron chi connectivity index (χ4n) is 2.57. The summed E-state index contributed by atoms with van der Waals surface area (Å²) in [5, 5.41) is 2.12. The zero-order valence-corrected chi connectivity index (χ0v) is 16.9. The lowest BCUT2D eigenvalue weighted by Gasteiger charge is -2.14. The molecule has 31 heavy (non-hydrogen) atoms. The predicted molar refractivity (Wildman–Crippen MR) is 108 cm³/mol. The summed E-state index contributed by atoms with van der Waals surface area (Å²) >= 11 is 5.89. The second-order valence-corrected chi connectivity index (χ2v) is 8.34. The molecule has 3 aromatic carbocycles. The third-order valence-electron chi connectivity index (χ3n) is 4.08. The Hall–Kier alpha value is -3.11. The van der Waals surface area contributed by atoms with Crippen LogP contribution in [0.5, 0.6) is 0 Å². The molecule has 0 saturated heterocycles. The van der Waals surface area contributed by atoms with Crippen LogP contribution in [0.25, 0.3) is 0 Å². The van der Waals surface area contributed by atoms with Crippen molar-refractivity contribution < 1.29 is 30.8 Å². The number of carbonyl (C=O) groups excluding carboxylic acids is 1. The van der Waals surface area contributed by atoms with Crippen molar-refractivity contribution in [3.63, 3.8) is 0 Å². The van der Waals surface area contributed by atoms with E-state index >= 15 is 0 Å². The van der Waals surface area contributed by atoms with Crippen LogP contribution >= 0.6 is 11.6 Å². The van der Waals surface area contributed by atoms with E-state index in [0.29, 0.717) is 6.07 Å². The van der Waals surface area contributed by atoms with Crippen molar-refractivity contribution in [3.8, 4) is 0 Å². The van der Waals surface area contributed by atoms with E-state index in [0.717, 1.165) is 36.4 Å². The lowest BCUT2D eigenvalue weighted by molar-refractivity contribution is -0.137. The monoisotopic (exact) mass is 472 g/mol. The highest BCUT2D eigenvalue weighted by molar-refractivity contribution is 7.92. The molecule has 3 aromatic rings. The maximum Gasteiger partial charge on any atom is 0.416 e. The molecule has 0 aliphatic rings. The number of alkyl halides is 3. The minimum atomic E-state index is -4.65. The van der Waals surface area contributed by atoms with Crippen molar-refractivity contribution >= 4 is 38.9 Å². The number of sulfonamides is 1. The van der Waals surface area contributed by atoms with Gasteiger partial charge in [-0.05, 0) is 54.6 Å². The van der Waals surface area contributed by atoms with Gasteiger partial charge >= 0.3 is 6.18 Å². The molecule has 0 unspecified atom stereocenters. The highest BCUT2D eigenvalue weighted by Crippen LogP contribution is 2.34. The maximum absolute atomic E-state index is 13.1. The Morgan fingerprint density at radius 1 is 0.903 bits per heavy atom. The second kappa shape index (κ2) is 8.56. The molecule has 5 nitrogen and oxygen atoms in total. The fourth-order valence-corrected chi connectivity index (χ4v) is 3.82. The first-order valence-corrected chi connectivity index (χ1v) is 10.4. The summed E-state index contributed by atoms with van der Waals surface area (Å²) in [5.74, 6) is -1.52. The largest absolute Gasteiger partial charge is 0.416 e. The zero-order chi connectivity index (χ0) is 22.8. The van der Waals surface area contributed by atoms with Gasteiger partial charge in [-0.3, -0.25) is 9.52 Å². The van der Waals surface area contributed by atoms with Crippen LogP contribution in [0.1, 0.15) is 15.9 Å². The Balaban J connectivity index is 1.90. The Kier molecular flexibility index (Phi) is 6.23. The van der Waals surface area contributed by atoms with Gasteiger partial charge in [0.2, 0.25) is 0 Å². The van der Waals surface area contributed by atoms with E-state index in [1.54, 1.807) is 0 Å². The normalized spacial score (nSPS) is 11.8. The fraction of sp³-hybridized carbons (Fsp3) is 0.0500. The van der Waals surface area contributed by atoms with Crippen LogP contribution in [-0.4, -0.2) is 14.3 Å². The van der Waals surface area contributed by atoms with Gasteiger partial charge in [0.1, 0.15) is 5.82 Å². The molecule has 11 heteroatoms. The number of amides is 1. The molecular formula is C20H13ClF4N2O3S. The molecule has 0 fully saturated rings. The van der Waals surface area contributed by atoms with Crippen LogP contribution in [0, 0.1) is 5.82 Å².